The molecule has 0 spiro atoms. The fourth-order valence-electron chi connectivity index (χ4n) is 1.88. The zero-order valence-corrected chi connectivity index (χ0v) is 8.62. The molecule has 2 nitrogen and oxygen atoms in total. The molecule has 14 heavy (non-hydrogen) atoms. The topological polar surface area (TPSA) is 35.2 Å². The van der Waals surface area contributed by atoms with Gasteiger partial charge in [-0.25, -0.2) is 0 Å². The molecule has 1 fully saturated rings. The second kappa shape index (κ2) is 3.62. The highest BCUT2D eigenvalue weighted by molar-refractivity contribution is 5.34. The van der Waals surface area contributed by atoms with Gasteiger partial charge in [0.05, 0.1) is 7.11 Å². The average molecular weight is 191 g/mol. The minimum Gasteiger partial charge on any atom is -0.496 e. The van der Waals surface area contributed by atoms with Crippen molar-refractivity contribution in [1.82, 2.24) is 0 Å². The summed E-state index contributed by atoms with van der Waals surface area (Å²) in [6.45, 7) is 0.797. The normalized spacial score (nSPS) is 17.9. The standard InChI is InChI=1S/C12H17NO/c1-14-11-5-3-2-4-10(11)8-12(9-13)6-7-12/h2-5H,6-9,13H2,1H3. The summed E-state index contributed by atoms with van der Waals surface area (Å²) in [4.78, 5) is 0. The SMILES string of the molecule is COc1ccccc1CC1(CN)CC1. The molecule has 0 unspecified atom stereocenters. The molecule has 1 aliphatic carbocycles. The third-order valence-electron chi connectivity index (χ3n) is 3.15. The summed E-state index contributed by atoms with van der Waals surface area (Å²) in [7, 11) is 1.72. The summed E-state index contributed by atoms with van der Waals surface area (Å²) in [5.74, 6) is 0.993. The van der Waals surface area contributed by atoms with Crippen LogP contribution in [-0.2, 0) is 6.42 Å². The number of hydrogen-bond acceptors (Lipinski definition) is 2. The molecular formula is C12H17NO. The van der Waals surface area contributed by atoms with E-state index < -0.39 is 0 Å². The van der Waals surface area contributed by atoms with Crippen molar-refractivity contribution in [2.75, 3.05) is 13.7 Å². The maximum atomic E-state index is 5.77. The Labute approximate surface area is 85.1 Å². The molecule has 0 heterocycles. The summed E-state index contributed by atoms with van der Waals surface area (Å²) in [6.07, 6.45) is 3.59. The molecule has 0 aliphatic heterocycles. The van der Waals surface area contributed by atoms with Crippen LogP contribution in [0.25, 0.3) is 0 Å². The minimum atomic E-state index is 0.384. The lowest BCUT2D eigenvalue weighted by Crippen LogP contribution is -2.18. The molecule has 2 N–H and O–H groups in total. The zero-order chi connectivity index (χ0) is 10.0. The van der Waals surface area contributed by atoms with Crippen molar-refractivity contribution in [2.24, 2.45) is 11.1 Å². The maximum Gasteiger partial charge on any atom is 0.122 e. The smallest absolute Gasteiger partial charge is 0.122 e. The monoisotopic (exact) mass is 191 g/mol. The van der Waals surface area contributed by atoms with E-state index in [0.29, 0.717) is 5.41 Å². The first-order valence-electron chi connectivity index (χ1n) is 5.12. The van der Waals surface area contributed by atoms with E-state index in [9.17, 15) is 0 Å². The highest BCUT2D eigenvalue weighted by Gasteiger charge is 2.41. The largest absolute Gasteiger partial charge is 0.496 e. The number of benzene rings is 1. The van der Waals surface area contributed by atoms with Crippen LogP contribution in [0.5, 0.6) is 5.75 Å². The van der Waals surface area contributed by atoms with Gasteiger partial charge < -0.3 is 10.5 Å². The first-order chi connectivity index (χ1) is 6.79. The van der Waals surface area contributed by atoms with Crippen molar-refractivity contribution >= 4 is 0 Å². The van der Waals surface area contributed by atoms with Crippen LogP contribution in [0, 0.1) is 5.41 Å². The Hall–Kier alpha value is -1.02. The summed E-state index contributed by atoms with van der Waals surface area (Å²) >= 11 is 0. The molecular weight excluding hydrogens is 174 g/mol. The fourth-order valence-corrected chi connectivity index (χ4v) is 1.88. The number of nitrogens with two attached hydrogens (primary N) is 1. The molecule has 0 aromatic heterocycles. The molecule has 0 amide bonds. The van der Waals surface area contributed by atoms with E-state index in [1.807, 2.05) is 12.1 Å². The predicted molar refractivity (Wildman–Crippen MR) is 57.4 cm³/mol. The van der Waals surface area contributed by atoms with Crippen LogP contribution < -0.4 is 10.5 Å². The van der Waals surface area contributed by atoms with E-state index in [4.69, 9.17) is 10.5 Å². The molecule has 1 aromatic carbocycles. The van der Waals surface area contributed by atoms with Gasteiger partial charge in [0.1, 0.15) is 5.75 Å². The van der Waals surface area contributed by atoms with E-state index in [1.54, 1.807) is 7.11 Å². The van der Waals surface area contributed by atoms with Gasteiger partial charge in [0, 0.05) is 0 Å². The van der Waals surface area contributed by atoms with Crippen LogP contribution in [-0.4, -0.2) is 13.7 Å². The Morgan fingerprint density at radius 2 is 2.07 bits per heavy atom. The Bertz CT molecular complexity index is 318. The lowest BCUT2D eigenvalue weighted by Gasteiger charge is -2.14. The highest BCUT2D eigenvalue weighted by atomic mass is 16.5. The Kier molecular flexibility index (Phi) is 2.46. The van der Waals surface area contributed by atoms with Crippen molar-refractivity contribution in [3.05, 3.63) is 29.8 Å². The molecule has 0 bridgehead atoms. The molecule has 0 radical (unpaired) electrons. The first kappa shape index (κ1) is 9.53. The van der Waals surface area contributed by atoms with Gasteiger partial charge in [-0.05, 0) is 42.9 Å². The Morgan fingerprint density at radius 3 is 2.64 bits per heavy atom. The number of hydrogen-bond donors (Lipinski definition) is 1. The van der Waals surface area contributed by atoms with Gasteiger partial charge >= 0.3 is 0 Å². The van der Waals surface area contributed by atoms with Crippen LogP contribution in [0.3, 0.4) is 0 Å². The van der Waals surface area contributed by atoms with Crippen LogP contribution in [0.15, 0.2) is 24.3 Å². The van der Waals surface area contributed by atoms with Crippen molar-refractivity contribution in [3.8, 4) is 5.75 Å². The highest BCUT2D eigenvalue weighted by Crippen LogP contribution is 2.48. The number of ether oxygens (including phenoxy) is 1. The molecule has 0 atom stereocenters. The van der Waals surface area contributed by atoms with Gasteiger partial charge in [-0.3, -0.25) is 0 Å². The van der Waals surface area contributed by atoms with Gasteiger partial charge in [-0.15, -0.1) is 0 Å². The third kappa shape index (κ3) is 1.75. The summed E-state index contributed by atoms with van der Waals surface area (Å²) in [5, 5.41) is 0. The van der Waals surface area contributed by atoms with E-state index in [1.165, 1.54) is 18.4 Å². The lowest BCUT2D eigenvalue weighted by atomic mass is 9.96. The van der Waals surface area contributed by atoms with E-state index in [-0.39, 0.29) is 0 Å². The lowest BCUT2D eigenvalue weighted by molar-refractivity contribution is 0.402. The van der Waals surface area contributed by atoms with Crippen LogP contribution in [0.1, 0.15) is 18.4 Å². The number of para-hydroxylation sites is 1. The molecule has 1 aliphatic rings. The van der Waals surface area contributed by atoms with Crippen LogP contribution in [0.2, 0.25) is 0 Å². The molecule has 2 rings (SSSR count). The van der Waals surface area contributed by atoms with Crippen molar-refractivity contribution < 1.29 is 4.74 Å². The molecule has 1 aromatic rings. The number of rotatable bonds is 4. The van der Waals surface area contributed by atoms with E-state index in [0.717, 1.165) is 18.7 Å². The van der Waals surface area contributed by atoms with Gasteiger partial charge in [0.15, 0.2) is 0 Å². The third-order valence-corrected chi connectivity index (χ3v) is 3.15. The van der Waals surface area contributed by atoms with Gasteiger partial charge in [-0.1, -0.05) is 18.2 Å². The summed E-state index contributed by atoms with van der Waals surface area (Å²) < 4.78 is 5.32. The van der Waals surface area contributed by atoms with E-state index in [2.05, 4.69) is 12.1 Å². The molecule has 2 heteroatoms. The van der Waals surface area contributed by atoms with Crippen LogP contribution in [0.4, 0.5) is 0 Å². The fraction of sp³-hybridized carbons (Fsp3) is 0.500. The van der Waals surface area contributed by atoms with Crippen molar-refractivity contribution in [1.29, 1.82) is 0 Å². The van der Waals surface area contributed by atoms with Gasteiger partial charge in [0.2, 0.25) is 0 Å². The van der Waals surface area contributed by atoms with Gasteiger partial charge in [0.25, 0.3) is 0 Å². The van der Waals surface area contributed by atoms with Gasteiger partial charge in [-0.2, -0.15) is 0 Å². The molecule has 0 saturated heterocycles. The van der Waals surface area contributed by atoms with Crippen molar-refractivity contribution in [3.63, 3.8) is 0 Å². The predicted octanol–water partition coefficient (Wildman–Crippen LogP) is 1.98. The van der Waals surface area contributed by atoms with E-state index >= 15 is 0 Å². The minimum absolute atomic E-state index is 0.384. The summed E-state index contributed by atoms with van der Waals surface area (Å²) in [5.41, 5.74) is 7.44. The second-order valence-corrected chi connectivity index (χ2v) is 4.19. The Morgan fingerprint density at radius 1 is 1.36 bits per heavy atom. The maximum absolute atomic E-state index is 5.77. The second-order valence-electron chi connectivity index (χ2n) is 4.19. The Balaban J connectivity index is 2.16. The number of methoxy groups -OCH3 is 1. The quantitative estimate of drug-likeness (QED) is 0.789. The van der Waals surface area contributed by atoms with Crippen LogP contribution >= 0.6 is 0 Å². The molecule has 76 valence electrons. The summed E-state index contributed by atoms with van der Waals surface area (Å²) in [6, 6.07) is 8.21. The first-order valence-corrected chi connectivity index (χ1v) is 5.12. The molecule has 1 saturated carbocycles. The average Bonchev–Trinajstić information content (AvgIpc) is 2.99. The zero-order valence-electron chi connectivity index (χ0n) is 8.62. The van der Waals surface area contributed by atoms with Crippen molar-refractivity contribution in [2.45, 2.75) is 19.3 Å².